The number of benzene rings is 3. The molecule has 0 fully saturated rings. The Morgan fingerprint density at radius 2 is 1.46 bits per heavy atom. The molecule has 0 unspecified atom stereocenters. The summed E-state index contributed by atoms with van der Waals surface area (Å²) in [4.78, 5) is 26.2. The van der Waals surface area contributed by atoms with Gasteiger partial charge in [0.15, 0.2) is 0 Å². The van der Waals surface area contributed by atoms with E-state index in [0.29, 0.717) is 22.8 Å². The monoisotopic (exact) mass is 372 g/mol. The van der Waals surface area contributed by atoms with Crippen molar-refractivity contribution in [2.24, 2.45) is 0 Å². The maximum Gasteiger partial charge on any atom is 0.424 e. The second kappa shape index (κ2) is 9.19. The van der Waals surface area contributed by atoms with Crippen LogP contribution >= 0.6 is 0 Å². The van der Waals surface area contributed by atoms with E-state index < -0.39 is 6.09 Å². The van der Waals surface area contributed by atoms with E-state index in [0.717, 1.165) is 0 Å². The summed E-state index contributed by atoms with van der Waals surface area (Å²) in [5.74, 6) is 0.0846. The van der Waals surface area contributed by atoms with Gasteiger partial charge in [-0.15, -0.1) is 0 Å². The summed E-state index contributed by atoms with van der Waals surface area (Å²) in [7, 11) is 0. The second-order valence-corrected chi connectivity index (χ2v) is 5.89. The van der Waals surface area contributed by atoms with Gasteiger partial charge in [-0.3, -0.25) is 4.79 Å². The standard InChI is InChI=1S/C23H20N2O3/c1-2-10-22(26)24-18-11-9-16-21(17-18)28-23(27)25(19-12-5-3-6-13-19)20-14-7-4-8-15-20/h2-17H,1H3,(H,24,26). The number of carbonyl (C=O) groups excluding carboxylic acids is 2. The first-order valence-electron chi connectivity index (χ1n) is 8.83. The molecule has 2 amide bonds. The number of amides is 2. The molecule has 0 aliphatic carbocycles. The van der Waals surface area contributed by atoms with Crippen LogP contribution in [0.25, 0.3) is 0 Å². The van der Waals surface area contributed by atoms with E-state index in [1.807, 2.05) is 60.7 Å². The van der Waals surface area contributed by atoms with Crippen LogP contribution in [0, 0.1) is 0 Å². The first-order valence-corrected chi connectivity index (χ1v) is 8.83. The summed E-state index contributed by atoms with van der Waals surface area (Å²) < 4.78 is 5.59. The van der Waals surface area contributed by atoms with Crippen molar-refractivity contribution in [2.45, 2.75) is 6.92 Å². The quantitative estimate of drug-likeness (QED) is 0.598. The highest BCUT2D eigenvalue weighted by Crippen LogP contribution is 2.27. The number of rotatable bonds is 5. The number of ether oxygens (including phenoxy) is 1. The predicted molar refractivity (Wildman–Crippen MR) is 111 cm³/mol. The third kappa shape index (κ3) is 4.86. The molecule has 5 heteroatoms. The Morgan fingerprint density at radius 3 is 2.04 bits per heavy atom. The van der Waals surface area contributed by atoms with E-state index in [1.54, 1.807) is 37.3 Å². The van der Waals surface area contributed by atoms with Crippen LogP contribution in [0.1, 0.15) is 6.92 Å². The zero-order chi connectivity index (χ0) is 19.8. The SMILES string of the molecule is CC=CC(=O)Nc1cccc(OC(=O)N(c2ccccc2)c2ccccc2)c1. The van der Waals surface area contributed by atoms with Crippen molar-refractivity contribution in [1.82, 2.24) is 0 Å². The number of hydrogen-bond donors (Lipinski definition) is 1. The van der Waals surface area contributed by atoms with E-state index in [1.165, 1.54) is 11.0 Å². The number of para-hydroxylation sites is 2. The summed E-state index contributed by atoms with van der Waals surface area (Å²) in [6.45, 7) is 1.76. The Hall–Kier alpha value is -3.86. The van der Waals surface area contributed by atoms with Crippen molar-refractivity contribution in [1.29, 1.82) is 0 Å². The van der Waals surface area contributed by atoms with E-state index in [9.17, 15) is 9.59 Å². The van der Waals surface area contributed by atoms with Gasteiger partial charge < -0.3 is 10.1 Å². The van der Waals surface area contributed by atoms with Gasteiger partial charge in [-0.1, -0.05) is 48.5 Å². The van der Waals surface area contributed by atoms with Gasteiger partial charge in [0.2, 0.25) is 5.91 Å². The van der Waals surface area contributed by atoms with Gasteiger partial charge in [0, 0.05) is 11.8 Å². The van der Waals surface area contributed by atoms with E-state index >= 15 is 0 Å². The molecule has 1 N–H and O–H groups in total. The summed E-state index contributed by atoms with van der Waals surface area (Å²) in [6, 6.07) is 25.2. The predicted octanol–water partition coefficient (Wildman–Crippen LogP) is 5.54. The molecule has 3 aromatic rings. The Kier molecular flexibility index (Phi) is 6.21. The molecule has 0 aliphatic heterocycles. The second-order valence-electron chi connectivity index (χ2n) is 5.89. The van der Waals surface area contributed by atoms with Gasteiger partial charge in [0.25, 0.3) is 0 Å². The largest absolute Gasteiger partial charge is 0.424 e. The number of nitrogens with zero attached hydrogens (tertiary/aromatic N) is 1. The van der Waals surface area contributed by atoms with Gasteiger partial charge in [0.1, 0.15) is 5.75 Å². The lowest BCUT2D eigenvalue weighted by Gasteiger charge is -2.22. The molecule has 3 aromatic carbocycles. The summed E-state index contributed by atoms with van der Waals surface area (Å²) in [5.41, 5.74) is 1.92. The van der Waals surface area contributed by atoms with E-state index in [4.69, 9.17) is 4.74 Å². The first-order chi connectivity index (χ1) is 13.7. The van der Waals surface area contributed by atoms with Crippen molar-refractivity contribution in [3.63, 3.8) is 0 Å². The fourth-order valence-electron chi connectivity index (χ4n) is 2.63. The lowest BCUT2D eigenvalue weighted by atomic mass is 10.2. The number of nitrogens with one attached hydrogen (secondary N) is 1. The van der Waals surface area contributed by atoms with Crippen molar-refractivity contribution < 1.29 is 14.3 Å². The molecule has 3 rings (SSSR count). The van der Waals surface area contributed by atoms with Gasteiger partial charge in [-0.2, -0.15) is 0 Å². The molecule has 0 atom stereocenters. The van der Waals surface area contributed by atoms with Crippen LogP contribution in [0.2, 0.25) is 0 Å². The molecular weight excluding hydrogens is 352 g/mol. The van der Waals surface area contributed by atoms with Crippen LogP contribution in [-0.4, -0.2) is 12.0 Å². The van der Waals surface area contributed by atoms with Crippen LogP contribution in [0.15, 0.2) is 97.1 Å². The van der Waals surface area contributed by atoms with E-state index in [2.05, 4.69) is 5.32 Å². The van der Waals surface area contributed by atoms with Crippen LogP contribution < -0.4 is 15.0 Å². The molecule has 0 bridgehead atoms. The summed E-state index contributed by atoms with van der Waals surface area (Å²) in [5, 5.41) is 2.72. The minimum absolute atomic E-state index is 0.249. The lowest BCUT2D eigenvalue weighted by molar-refractivity contribution is -0.111. The average Bonchev–Trinajstić information content (AvgIpc) is 2.70. The minimum Gasteiger partial charge on any atom is -0.410 e. The Morgan fingerprint density at radius 1 is 0.857 bits per heavy atom. The first kappa shape index (κ1) is 18.9. The molecule has 0 saturated heterocycles. The highest BCUT2D eigenvalue weighted by Gasteiger charge is 2.20. The molecule has 0 heterocycles. The smallest absolute Gasteiger partial charge is 0.410 e. The minimum atomic E-state index is -0.547. The molecule has 0 radical (unpaired) electrons. The topological polar surface area (TPSA) is 58.6 Å². The Labute approximate surface area is 163 Å². The molecule has 0 spiro atoms. The van der Waals surface area contributed by atoms with Gasteiger partial charge in [-0.25, -0.2) is 9.69 Å². The van der Waals surface area contributed by atoms with Crippen molar-refractivity contribution in [3.8, 4) is 5.75 Å². The number of carbonyl (C=O) groups is 2. The molecule has 0 saturated carbocycles. The molecule has 0 aliphatic rings. The zero-order valence-electron chi connectivity index (χ0n) is 15.4. The van der Waals surface area contributed by atoms with Crippen LogP contribution in [0.5, 0.6) is 5.75 Å². The van der Waals surface area contributed by atoms with Crippen molar-refractivity contribution in [3.05, 3.63) is 97.1 Å². The highest BCUT2D eigenvalue weighted by molar-refractivity contribution is 6.00. The molecule has 5 nitrogen and oxygen atoms in total. The highest BCUT2D eigenvalue weighted by atomic mass is 16.6. The molecule has 0 aromatic heterocycles. The maximum atomic E-state index is 13.0. The fraction of sp³-hybridized carbons (Fsp3) is 0.0435. The van der Waals surface area contributed by atoms with E-state index in [-0.39, 0.29) is 5.91 Å². The number of hydrogen-bond acceptors (Lipinski definition) is 3. The maximum absolute atomic E-state index is 13.0. The fourth-order valence-corrected chi connectivity index (χ4v) is 2.63. The molecule has 28 heavy (non-hydrogen) atoms. The molecular formula is C23H20N2O3. The van der Waals surface area contributed by atoms with Gasteiger partial charge in [0.05, 0.1) is 11.4 Å². The Balaban J connectivity index is 1.84. The average molecular weight is 372 g/mol. The van der Waals surface area contributed by atoms with Crippen molar-refractivity contribution in [2.75, 3.05) is 10.2 Å². The summed E-state index contributed by atoms with van der Waals surface area (Å²) >= 11 is 0. The number of anilines is 3. The van der Waals surface area contributed by atoms with Gasteiger partial charge >= 0.3 is 6.09 Å². The van der Waals surface area contributed by atoms with Crippen LogP contribution in [0.4, 0.5) is 21.9 Å². The lowest BCUT2D eigenvalue weighted by Crippen LogP contribution is -2.29. The zero-order valence-corrected chi connectivity index (χ0v) is 15.4. The normalized spacial score (nSPS) is 10.5. The number of allylic oxidation sites excluding steroid dienone is 1. The third-order valence-corrected chi connectivity index (χ3v) is 3.84. The van der Waals surface area contributed by atoms with Crippen LogP contribution in [0.3, 0.4) is 0 Å². The van der Waals surface area contributed by atoms with Crippen molar-refractivity contribution >= 4 is 29.1 Å². The third-order valence-electron chi connectivity index (χ3n) is 3.84. The summed E-state index contributed by atoms with van der Waals surface area (Å²) in [6.07, 6.45) is 2.52. The molecule has 140 valence electrons. The van der Waals surface area contributed by atoms with Gasteiger partial charge in [-0.05, 0) is 49.4 Å². The van der Waals surface area contributed by atoms with Crippen LogP contribution in [-0.2, 0) is 4.79 Å². The Bertz CT molecular complexity index is 930.